The predicted octanol–water partition coefficient (Wildman–Crippen LogP) is 4.76. The summed E-state index contributed by atoms with van der Waals surface area (Å²) in [5.74, 6) is -0.121. The Labute approximate surface area is 223 Å². The van der Waals surface area contributed by atoms with Gasteiger partial charge in [0.25, 0.3) is 0 Å². The number of amides is 1. The highest BCUT2D eigenvalue weighted by Crippen LogP contribution is 2.52. The fourth-order valence-corrected chi connectivity index (χ4v) is 7.11. The van der Waals surface area contributed by atoms with Crippen LogP contribution in [0.25, 0.3) is 16.5 Å². The van der Waals surface area contributed by atoms with Crippen molar-refractivity contribution in [1.29, 1.82) is 5.26 Å². The van der Waals surface area contributed by atoms with Gasteiger partial charge in [-0.3, -0.25) is 9.36 Å². The van der Waals surface area contributed by atoms with E-state index in [0.29, 0.717) is 40.1 Å². The number of hydrogen-bond acceptors (Lipinski definition) is 5. The molecule has 2 fully saturated rings. The molecule has 4 aromatic rings. The summed E-state index contributed by atoms with van der Waals surface area (Å²) in [6, 6.07) is 16.3. The second-order valence-electron chi connectivity index (χ2n) is 10.5. The molecular weight excluding hydrogens is 502 g/mol. The number of fused-ring (bicyclic) bond motifs is 6. The smallest absolute Gasteiger partial charge is 0.336 e. The Hall–Kier alpha value is -4.09. The van der Waals surface area contributed by atoms with E-state index in [1.807, 2.05) is 41.3 Å². The summed E-state index contributed by atoms with van der Waals surface area (Å²) in [5.41, 5.74) is 1.13. The van der Waals surface area contributed by atoms with E-state index in [9.17, 15) is 20.0 Å². The van der Waals surface area contributed by atoms with Crippen molar-refractivity contribution in [3.8, 4) is 17.6 Å². The SMILES string of the molecule is N#Cc1ncc(-n2c(O)c3n(c2=O)C2CC3N(C(=O)C3(c4ccc(Cl)cc4)CCCC3)C2)c2ccccc12. The van der Waals surface area contributed by atoms with Crippen LogP contribution in [0.4, 0.5) is 0 Å². The Kier molecular flexibility index (Phi) is 4.98. The maximum Gasteiger partial charge on any atom is 0.336 e. The third-order valence-electron chi connectivity index (χ3n) is 8.70. The molecule has 9 heteroatoms. The van der Waals surface area contributed by atoms with Crippen LogP contribution < -0.4 is 5.69 Å². The summed E-state index contributed by atoms with van der Waals surface area (Å²) in [5, 5.41) is 22.8. The van der Waals surface area contributed by atoms with Crippen LogP contribution in [-0.2, 0) is 10.2 Å². The molecule has 2 aromatic carbocycles. The van der Waals surface area contributed by atoms with Crippen molar-refractivity contribution in [3.63, 3.8) is 0 Å². The highest BCUT2D eigenvalue weighted by Gasteiger charge is 2.54. The minimum absolute atomic E-state index is 0.0566. The Bertz CT molecular complexity index is 1730. The lowest BCUT2D eigenvalue weighted by Gasteiger charge is -2.37. The molecule has 190 valence electrons. The molecule has 4 heterocycles. The average Bonchev–Trinajstić information content (AvgIpc) is 3.72. The van der Waals surface area contributed by atoms with Crippen LogP contribution in [0.5, 0.6) is 5.88 Å². The summed E-state index contributed by atoms with van der Waals surface area (Å²) < 4.78 is 2.91. The maximum absolute atomic E-state index is 14.2. The fourth-order valence-electron chi connectivity index (χ4n) is 6.98. The van der Waals surface area contributed by atoms with Crippen LogP contribution in [0.15, 0.2) is 59.5 Å². The Morgan fingerprint density at radius 3 is 2.53 bits per heavy atom. The third-order valence-corrected chi connectivity index (χ3v) is 8.95. The number of nitrogens with zero attached hydrogens (tertiary/aromatic N) is 5. The summed E-state index contributed by atoms with van der Waals surface area (Å²) >= 11 is 6.14. The molecular formula is C29H24ClN5O3. The highest BCUT2D eigenvalue weighted by atomic mass is 35.5. The number of likely N-dealkylation sites (tertiary alicyclic amines) is 1. The second-order valence-corrected chi connectivity index (χ2v) is 10.9. The van der Waals surface area contributed by atoms with Crippen molar-refractivity contribution in [2.45, 2.75) is 49.6 Å². The fraction of sp³-hybridized carbons (Fsp3) is 0.310. The first-order chi connectivity index (χ1) is 18.4. The lowest BCUT2D eigenvalue weighted by atomic mass is 9.77. The van der Waals surface area contributed by atoms with Gasteiger partial charge in [0.2, 0.25) is 11.8 Å². The molecule has 1 saturated carbocycles. The summed E-state index contributed by atoms with van der Waals surface area (Å²) in [4.78, 5) is 34.0. The number of imidazole rings is 1. The van der Waals surface area contributed by atoms with Gasteiger partial charge in [0.05, 0.1) is 29.4 Å². The molecule has 8 nitrogen and oxygen atoms in total. The van der Waals surface area contributed by atoms with E-state index in [0.717, 1.165) is 31.2 Å². The van der Waals surface area contributed by atoms with E-state index in [2.05, 4.69) is 11.1 Å². The quantitative estimate of drug-likeness (QED) is 0.415. The lowest BCUT2D eigenvalue weighted by molar-refractivity contribution is -0.139. The average molecular weight is 526 g/mol. The van der Waals surface area contributed by atoms with E-state index >= 15 is 0 Å². The van der Waals surface area contributed by atoms with Crippen molar-refractivity contribution < 1.29 is 9.90 Å². The minimum Gasteiger partial charge on any atom is -0.493 e. The van der Waals surface area contributed by atoms with Crippen LogP contribution >= 0.6 is 11.6 Å². The van der Waals surface area contributed by atoms with Crippen molar-refractivity contribution in [2.24, 2.45) is 0 Å². The molecule has 1 saturated heterocycles. The largest absolute Gasteiger partial charge is 0.493 e. The van der Waals surface area contributed by atoms with Gasteiger partial charge in [-0.15, -0.1) is 0 Å². The number of pyridine rings is 1. The lowest BCUT2D eigenvalue weighted by Crippen LogP contribution is -2.47. The monoisotopic (exact) mass is 525 g/mol. The predicted molar refractivity (Wildman–Crippen MR) is 141 cm³/mol. The number of carbonyl (C=O) groups is 1. The van der Waals surface area contributed by atoms with E-state index in [1.165, 1.54) is 10.8 Å². The van der Waals surface area contributed by atoms with Crippen LogP contribution in [0.1, 0.15) is 61.1 Å². The third kappa shape index (κ3) is 2.99. The van der Waals surface area contributed by atoms with Gasteiger partial charge in [-0.1, -0.05) is 60.8 Å². The number of rotatable bonds is 3. The zero-order valence-electron chi connectivity index (χ0n) is 20.5. The molecule has 7 rings (SSSR count). The van der Waals surface area contributed by atoms with Gasteiger partial charge in [-0.05, 0) is 37.0 Å². The Balaban J connectivity index is 1.32. The zero-order chi connectivity index (χ0) is 26.2. The first-order valence-electron chi connectivity index (χ1n) is 12.9. The molecule has 38 heavy (non-hydrogen) atoms. The number of hydrogen-bond donors (Lipinski definition) is 1. The molecule has 2 unspecified atom stereocenters. The molecule has 0 spiro atoms. The van der Waals surface area contributed by atoms with E-state index in [-0.39, 0.29) is 35.3 Å². The molecule has 1 N–H and O–H groups in total. The van der Waals surface area contributed by atoms with Gasteiger partial charge < -0.3 is 10.0 Å². The minimum atomic E-state index is -0.619. The second kappa shape index (κ2) is 8.20. The normalized spacial score (nSPS) is 21.1. The van der Waals surface area contributed by atoms with Crippen molar-refractivity contribution in [2.75, 3.05) is 6.54 Å². The number of benzene rings is 2. The van der Waals surface area contributed by atoms with Crippen LogP contribution in [0.2, 0.25) is 5.02 Å². The number of carbonyl (C=O) groups excluding carboxylic acids is 1. The van der Waals surface area contributed by atoms with E-state index in [4.69, 9.17) is 11.6 Å². The number of nitriles is 1. The molecule has 2 bridgehead atoms. The van der Waals surface area contributed by atoms with Crippen LogP contribution in [0.3, 0.4) is 0 Å². The summed E-state index contributed by atoms with van der Waals surface area (Å²) in [7, 11) is 0. The standard InChI is InChI=1S/C29H24ClN5O3/c30-18-9-7-17(8-10-18)29(11-3-4-12-29)27(37)33-16-19-13-23(33)25-26(36)35(28(38)34(19)25)24-15-32-22(14-31)20-5-1-2-6-21(20)24/h1-2,5-10,15,19,23,36H,3-4,11-13,16H2. The van der Waals surface area contributed by atoms with Gasteiger partial charge in [-0.2, -0.15) is 5.26 Å². The highest BCUT2D eigenvalue weighted by molar-refractivity contribution is 6.30. The van der Waals surface area contributed by atoms with E-state index < -0.39 is 5.41 Å². The number of aromatic hydroxyl groups is 1. The molecule has 1 amide bonds. The molecule has 2 aliphatic heterocycles. The first-order valence-corrected chi connectivity index (χ1v) is 13.2. The Morgan fingerprint density at radius 2 is 1.82 bits per heavy atom. The summed E-state index contributed by atoms with van der Waals surface area (Å²) in [6.07, 6.45) is 5.54. The Morgan fingerprint density at radius 1 is 1.11 bits per heavy atom. The molecule has 2 aromatic heterocycles. The molecule has 2 atom stereocenters. The maximum atomic E-state index is 14.2. The van der Waals surface area contributed by atoms with Gasteiger partial charge in [-0.25, -0.2) is 14.3 Å². The van der Waals surface area contributed by atoms with Crippen molar-refractivity contribution >= 4 is 28.3 Å². The van der Waals surface area contributed by atoms with Crippen molar-refractivity contribution in [3.05, 3.63) is 87.2 Å². The summed E-state index contributed by atoms with van der Waals surface area (Å²) in [6.45, 7) is 0.432. The zero-order valence-corrected chi connectivity index (χ0v) is 21.2. The molecule has 0 radical (unpaired) electrons. The van der Waals surface area contributed by atoms with Gasteiger partial charge in [0.15, 0.2) is 0 Å². The van der Waals surface area contributed by atoms with E-state index in [1.54, 1.807) is 16.7 Å². The van der Waals surface area contributed by atoms with Crippen LogP contribution in [-0.4, -0.2) is 36.6 Å². The molecule has 3 aliphatic rings. The number of halogens is 1. The topological polar surface area (TPSA) is 104 Å². The van der Waals surface area contributed by atoms with Crippen LogP contribution in [0, 0.1) is 11.3 Å². The molecule has 1 aliphatic carbocycles. The first kappa shape index (κ1) is 23.1. The van der Waals surface area contributed by atoms with Gasteiger partial charge in [0.1, 0.15) is 17.5 Å². The van der Waals surface area contributed by atoms with Gasteiger partial charge >= 0.3 is 5.69 Å². The number of aromatic nitrogens is 3. The van der Waals surface area contributed by atoms with Gasteiger partial charge in [0, 0.05) is 22.3 Å². The van der Waals surface area contributed by atoms with Crippen molar-refractivity contribution in [1.82, 2.24) is 19.0 Å².